The highest BCUT2D eigenvalue weighted by Crippen LogP contribution is 2.33. The minimum absolute atomic E-state index is 0.0968. The van der Waals surface area contributed by atoms with Crippen LogP contribution < -0.4 is 5.32 Å². The van der Waals surface area contributed by atoms with Crippen molar-refractivity contribution in [2.24, 2.45) is 11.8 Å². The lowest BCUT2D eigenvalue weighted by Gasteiger charge is -2.35. The monoisotopic (exact) mass is 286 g/mol. The zero-order valence-electron chi connectivity index (χ0n) is 13.6. The molecular weight excluding hydrogens is 256 g/mol. The Morgan fingerprint density at radius 1 is 1.19 bits per heavy atom. The molecule has 0 aromatic heterocycles. The molecular formula is C19H30N2. The number of nitrogens with one attached hydrogen (secondary N) is 1. The Morgan fingerprint density at radius 2 is 2.00 bits per heavy atom. The van der Waals surface area contributed by atoms with Crippen LogP contribution in [0.3, 0.4) is 0 Å². The highest BCUT2D eigenvalue weighted by atomic mass is 15.2. The first-order valence-corrected chi connectivity index (χ1v) is 8.70. The summed E-state index contributed by atoms with van der Waals surface area (Å²) >= 11 is 0. The Kier molecular flexibility index (Phi) is 4.66. The van der Waals surface area contributed by atoms with Crippen molar-refractivity contribution in [2.45, 2.75) is 45.1 Å². The summed E-state index contributed by atoms with van der Waals surface area (Å²) in [6.07, 6.45) is 5.58. The fourth-order valence-electron chi connectivity index (χ4n) is 4.23. The lowest BCUT2D eigenvalue weighted by molar-refractivity contribution is 0.178. The summed E-state index contributed by atoms with van der Waals surface area (Å²) in [5.41, 5.74) is 1.52. The van der Waals surface area contributed by atoms with Gasteiger partial charge in [0.15, 0.2) is 0 Å². The fourth-order valence-corrected chi connectivity index (χ4v) is 4.23. The van der Waals surface area contributed by atoms with E-state index in [0.29, 0.717) is 0 Å². The molecule has 0 amide bonds. The van der Waals surface area contributed by atoms with Crippen LogP contribution >= 0.6 is 0 Å². The molecule has 2 heteroatoms. The minimum atomic E-state index is 0.0968. The molecule has 2 fully saturated rings. The van der Waals surface area contributed by atoms with Gasteiger partial charge in [0.1, 0.15) is 0 Å². The number of benzene rings is 1. The van der Waals surface area contributed by atoms with Gasteiger partial charge in [-0.3, -0.25) is 0 Å². The van der Waals surface area contributed by atoms with Crippen LogP contribution in [-0.2, 0) is 5.54 Å². The van der Waals surface area contributed by atoms with Crippen LogP contribution in [0.25, 0.3) is 0 Å². The fraction of sp³-hybridized carbons (Fsp3) is 0.684. The zero-order chi connectivity index (χ0) is 14.7. The van der Waals surface area contributed by atoms with Crippen molar-refractivity contribution in [3.05, 3.63) is 35.9 Å². The van der Waals surface area contributed by atoms with E-state index >= 15 is 0 Å². The van der Waals surface area contributed by atoms with Crippen molar-refractivity contribution in [3.8, 4) is 0 Å². The Hall–Kier alpha value is -0.860. The average molecular weight is 286 g/mol. The third-order valence-corrected chi connectivity index (χ3v) is 5.65. The predicted molar refractivity (Wildman–Crippen MR) is 89.4 cm³/mol. The first kappa shape index (κ1) is 15.1. The summed E-state index contributed by atoms with van der Waals surface area (Å²) in [6.45, 7) is 9.63. The minimum Gasteiger partial charge on any atom is -0.307 e. The maximum Gasteiger partial charge on any atom is 0.0534 e. The maximum absolute atomic E-state index is 3.80. The molecule has 1 aromatic carbocycles. The van der Waals surface area contributed by atoms with Crippen molar-refractivity contribution in [3.63, 3.8) is 0 Å². The SMILES string of the molecule is CC1CCCC1CN1CCCNC(C)(c2ccccc2)C1. The molecule has 0 radical (unpaired) electrons. The highest BCUT2D eigenvalue weighted by molar-refractivity contribution is 5.24. The molecule has 3 atom stereocenters. The second-order valence-corrected chi connectivity index (χ2v) is 7.38. The molecule has 0 bridgehead atoms. The van der Waals surface area contributed by atoms with Crippen LogP contribution in [0.15, 0.2) is 30.3 Å². The average Bonchev–Trinajstić information content (AvgIpc) is 2.79. The molecule has 1 saturated carbocycles. The standard InChI is InChI=1S/C19H30N2/c1-16-8-6-9-17(16)14-21-13-7-12-20-19(2,15-21)18-10-4-3-5-11-18/h3-5,10-11,16-17,20H,6-9,12-15H2,1-2H3. The Balaban J connectivity index is 1.71. The van der Waals surface area contributed by atoms with Gasteiger partial charge in [0.05, 0.1) is 5.54 Å². The molecule has 3 unspecified atom stereocenters. The Morgan fingerprint density at radius 3 is 2.71 bits per heavy atom. The molecule has 1 aliphatic carbocycles. The molecule has 1 aliphatic heterocycles. The summed E-state index contributed by atoms with van der Waals surface area (Å²) < 4.78 is 0. The molecule has 1 aromatic rings. The first-order chi connectivity index (χ1) is 10.2. The van der Waals surface area contributed by atoms with Gasteiger partial charge in [-0.25, -0.2) is 0 Å². The van der Waals surface area contributed by atoms with Gasteiger partial charge >= 0.3 is 0 Å². The molecule has 2 aliphatic rings. The molecule has 21 heavy (non-hydrogen) atoms. The van der Waals surface area contributed by atoms with Gasteiger partial charge in [0.2, 0.25) is 0 Å². The number of hydrogen-bond acceptors (Lipinski definition) is 2. The molecule has 1 saturated heterocycles. The largest absolute Gasteiger partial charge is 0.307 e. The van der Waals surface area contributed by atoms with E-state index in [1.54, 1.807) is 0 Å². The lowest BCUT2D eigenvalue weighted by Crippen LogP contribution is -2.47. The Labute approximate surface area is 129 Å². The topological polar surface area (TPSA) is 15.3 Å². The summed E-state index contributed by atoms with van der Waals surface area (Å²) in [5.74, 6) is 1.84. The van der Waals surface area contributed by atoms with Gasteiger partial charge < -0.3 is 10.2 Å². The van der Waals surface area contributed by atoms with Crippen LogP contribution in [0.5, 0.6) is 0 Å². The van der Waals surface area contributed by atoms with E-state index in [4.69, 9.17) is 0 Å². The molecule has 3 rings (SSSR count). The lowest BCUT2D eigenvalue weighted by atomic mass is 9.90. The molecule has 1 heterocycles. The van der Waals surface area contributed by atoms with E-state index in [0.717, 1.165) is 24.9 Å². The smallest absolute Gasteiger partial charge is 0.0534 e. The summed E-state index contributed by atoms with van der Waals surface area (Å²) in [6, 6.07) is 11.0. The van der Waals surface area contributed by atoms with Crippen molar-refractivity contribution in [1.82, 2.24) is 10.2 Å². The highest BCUT2D eigenvalue weighted by Gasteiger charge is 2.33. The third-order valence-electron chi connectivity index (χ3n) is 5.65. The first-order valence-electron chi connectivity index (χ1n) is 8.70. The summed E-state index contributed by atoms with van der Waals surface area (Å²) in [7, 11) is 0. The van der Waals surface area contributed by atoms with Gasteiger partial charge in [0, 0.05) is 13.1 Å². The quantitative estimate of drug-likeness (QED) is 0.913. The molecule has 2 nitrogen and oxygen atoms in total. The van der Waals surface area contributed by atoms with Crippen molar-refractivity contribution in [2.75, 3.05) is 26.2 Å². The zero-order valence-corrected chi connectivity index (χ0v) is 13.6. The van der Waals surface area contributed by atoms with Crippen molar-refractivity contribution >= 4 is 0 Å². The molecule has 116 valence electrons. The van der Waals surface area contributed by atoms with Gasteiger partial charge in [-0.05, 0) is 50.3 Å². The van der Waals surface area contributed by atoms with E-state index in [-0.39, 0.29) is 5.54 Å². The van der Waals surface area contributed by atoms with Crippen LogP contribution in [0.2, 0.25) is 0 Å². The normalized spacial score (nSPS) is 34.8. The number of nitrogens with zero attached hydrogens (tertiary/aromatic N) is 1. The summed E-state index contributed by atoms with van der Waals surface area (Å²) in [4.78, 5) is 2.72. The third kappa shape index (κ3) is 3.49. The van der Waals surface area contributed by atoms with Crippen LogP contribution in [0.1, 0.15) is 45.1 Å². The van der Waals surface area contributed by atoms with E-state index < -0.39 is 0 Å². The molecule has 0 spiro atoms. The van der Waals surface area contributed by atoms with Crippen LogP contribution in [0.4, 0.5) is 0 Å². The van der Waals surface area contributed by atoms with E-state index in [1.165, 1.54) is 44.3 Å². The number of hydrogen-bond donors (Lipinski definition) is 1. The van der Waals surface area contributed by atoms with Crippen molar-refractivity contribution in [1.29, 1.82) is 0 Å². The molecule has 1 N–H and O–H groups in total. The van der Waals surface area contributed by atoms with E-state index in [2.05, 4.69) is 54.4 Å². The maximum atomic E-state index is 3.80. The second kappa shape index (κ2) is 6.50. The predicted octanol–water partition coefficient (Wildman–Crippen LogP) is 3.63. The van der Waals surface area contributed by atoms with E-state index in [1.807, 2.05) is 0 Å². The van der Waals surface area contributed by atoms with Crippen LogP contribution in [0, 0.1) is 11.8 Å². The summed E-state index contributed by atoms with van der Waals surface area (Å²) in [5, 5.41) is 3.80. The van der Waals surface area contributed by atoms with Gasteiger partial charge in [0.25, 0.3) is 0 Å². The van der Waals surface area contributed by atoms with E-state index in [9.17, 15) is 0 Å². The van der Waals surface area contributed by atoms with Crippen LogP contribution in [-0.4, -0.2) is 31.1 Å². The van der Waals surface area contributed by atoms with Gasteiger partial charge in [-0.1, -0.05) is 50.1 Å². The second-order valence-electron chi connectivity index (χ2n) is 7.38. The van der Waals surface area contributed by atoms with Crippen molar-refractivity contribution < 1.29 is 0 Å². The van der Waals surface area contributed by atoms with Gasteiger partial charge in [-0.2, -0.15) is 0 Å². The number of rotatable bonds is 3. The Bertz CT molecular complexity index is 444. The van der Waals surface area contributed by atoms with Gasteiger partial charge in [-0.15, -0.1) is 0 Å².